The van der Waals surface area contributed by atoms with Crippen LogP contribution in [-0.2, 0) is 13.1 Å². The van der Waals surface area contributed by atoms with E-state index in [1.54, 1.807) is 0 Å². The average Bonchev–Trinajstić information content (AvgIpc) is 2.85. The first-order valence-electron chi connectivity index (χ1n) is 6.55. The summed E-state index contributed by atoms with van der Waals surface area (Å²) in [6.45, 7) is 8.25. The zero-order valence-corrected chi connectivity index (χ0v) is 11.4. The van der Waals surface area contributed by atoms with Gasteiger partial charge in [0, 0.05) is 25.3 Å². The molecule has 0 fully saturated rings. The lowest BCUT2D eigenvalue weighted by atomic mass is 10.1. The Morgan fingerprint density at radius 1 is 1.17 bits per heavy atom. The van der Waals surface area contributed by atoms with Crippen LogP contribution in [0.3, 0.4) is 0 Å². The van der Waals surface area contributed by atoms with Crippen molar-refractivity contribution in [3.63, 3.8) is 0 Å². The van der Waals surface area contributed by atoms with Gasteiger partial charge >= 0.3 is 0 Å². The molecule has 0 radical (unpaired) electrons. The molecule has 0 saturated carbocycles. The monoisotopic (exact) mass is 243 g/mol. The molecule has 0 saturated heterocycles. The highest BCUT2D eigenvalue weighted by molar-refractivity contribution is 5.59. The van der Waals surface area contributed by atoms with Crippen molar-refractivity contribution < 1.29 is 0 Å². The fourth-order valence-corrected chi connectivity index (χ4v) is 1.95. The highest BCUT2D eigenvalue weighted by Crippen LogP contribution is 2.19. The molecule has 1 N–H and O–H groups in total. The normalized spacial score (nSPS) is 11.1. The molecule has 0 aliphatic heterocycles. The second kappa shape index (κ2) is 5.83. The van der Waals surface area contributed by atoms with Crippen molar-refractivity contribution in [1.82, 2.24) is 15.1 Å². The van der Waals surface area contributed by atoms with Crippen molar-refractivity contribution in [3.05, 3.63) is 42.1 Å². The summed E-state index contributed by atoms with van der Waals surface area (Å²) < 4.78 is 2.02. The van der Waals surface area contributed by atoms with Gasteiger partial charge < -0.3 is 5.32 Å². The first-order chi connectivity index (χ1) is 8.70. The van der Waals surface area contributed by atoms with Gasteiger partial charge in [-0.2, -0.15) is 5.10 Å². The first-order valence-corrected chi connectivity index (χ1v) is 6.55. The van der Waals surface area contributed by atoms with E-state index < -0.39 is 0 Å². The van der Waals surface area contributed by atoms with Crippen molar-refractivity contribution in [1.29, 1.82) is 0 Å². The maximum Gasteiger partial charge on any atom is 0.0682 e. The third kappa shape index (κ3) is 2.99. The summed E-state index contributed by atoms with van der Waals surface area (Å²) in [7, 11) is 0. The van der Waals surface area contributed by atoms with Crippen molar-refractivity contribution in [2.24, 2.45) is 0 Å². The number of benzene rings is 1. The Balaban J connectivity index is 2.12. The van der Waals surface area contributed by atoms with E-state index in [0.29, 0.717) is 6.04 Å². The number of hydrogen-bond acceptors (Lipinski definition) is 2. The van der Waals surface area contributed by atoms with Gasteiger partial charge in [0.15, 0.2) is 0 Å². The van der Waals surface area contributed by atoms with E-state index in [0.717, 1.165) is 13.1 Å². The van der Waals surface area contributed by atoms with Crippen LogP contribution in [-0.4, -0.2) is 15.8 Å². The zero-order valence-electron chi connectivity index (χ0n) is 11.4. The van der Waals surface area contributed by atoms with E-state index in [-0.39, 0.29) is 0 Å². The van der Waals surface area contributed by atoms with Gasteiger partial charge in [-0.1, -0.05) is 38.1 Å². The summed E-state index contributed by atoms with van der Waals surface area (Å²) in [4.78, 5) is 0. The molecular formula is C15H21N3. The van der Waals surface area contributed by atoms with Gasteiger partial charge in [0.2, 0.25) is 0 Å². The minimum Gasteiger partial charge on any atom is -0.310 e. The Morgan fingerprint density at radius 3 is 2.50 bits per heavy atom. The van der Waals surface area contributed by atoms with Crippen LogP contribution in [0.25, 0.3) is 11.3 Å². The van der Waals surface area contributed by atoms with E-state index in [9.17, 15) is 0 Å². The smallest absolute Gasteiger partial charge is 0.0682 e. The molecule has 1 heterocycles. The molecule has 0 aliphatic rings. The molecule has 1 aromatic heterocycles. The molecule has 2 rings (SSSR count). The van der Waals surface area contributed by atoms with Gasteiger partial charge in [0.1, 0.15) is 0 Å². The fraction of sp³-hybridized carbons (Fsp3) is 0.400. The molecule has 3 nitrogen and oxygen atoms in total. The summed E-state index contributed by atoms with van der Waals surface area (Å²) >= 11 is 0. The standard InChI is InChI=1S/C15H21N3/c1-4-18-15(9-10-17-18)14-7-5-13(6-8-14)11-16-12(2)3/h5-10,12,16H,4,11H2,1-3H3. The Bertz CT molecular complexity index is 483. The highest BCUT2D eigenvalue weighted by Gasteiger charge is 2.03. The topological polar surface area (TPSA) is 29.9 Å². The lowest BCUT2D eigenvalue weighted by Gasteiger charge is -2.09. The Labute approximate surface area is 109 Å². The predicted octanol–water partition coefficient (Wildman–Crippen LogP) is 3.07. The third-order valence-electron chi connectivity index (χ3n) is 2.98. The minimum absolute atomic E-state index is 0.520. The van der Waals surface area contributed by atoms with Crippen LogP contribution in [0.1, 0.15) is 26.3 Å². The van der Waals surface area contributed by atoms with Crippen LogP contribution < -0.4 is 5.32 Å². The van der Waals surface area contributed by atoms with Gasteiger partial charge in [0.05, 0.1) is 5.69 Å². The van der Waals surface area contributed by atoms with Crippen LogP contribution in [0.15, 0.2) is 36.5 Å². The molecule has 0 bridgehead atoms. The number of nitrogens with zero attached hydrogens (tertiary/aromatic N) is 2. The van der Waals surface area contributed by atoms with Gasteiger partial charge in [0.25, 0.3) is 0 Å². The molecule has 3 heteroatoms. The second-order valence-corrected chi connectivity index (χ2v) is 4.76. The number of hydrogen-bond donors (Lipinski definition) is 1. The van der Waals surface area contributed by atoms with Gasteiger partial charge in [-0.25, -0.2) is 0 Å². The van der Waals surface area contributed by atoms with Crippen LogP contribution in [0.5, 0.6) is 0 Å². The van der Waals surface area contributed by atoms with Gasteiger partial charge in [-0.15, -0.1) is 0 Å². The summed E-state index contributed by atoms with van der Waals surface area (Å²) in [5.74, 6) is 0. The fourth-order valence-electron chi connectivity index (χ4n) is 1.95. The first kappa shape index (κ1) is 12.8. The lowest BCUT2D eigenvalue weighted by Crippen LogP contribution is -2.21. The Morgan fingerprint density at radius 2 is 1.89 bits per heavy atom. The molecule has 1 aromatic carbocycles. The number of aromatic nitrogens is 2. The number of rotatable bonds is 5. The van der Waals surface area contributed by atoms with Crippen LogP contribution in [0.4, 0.5) is 0 Å². The summed E-state index contributed by atoms with van der Waals surface area (Å²) in [5, 5.41) is 7.72. The number of nitrogens with one attached hydrogen (secondary N) is 1. The van der Waals surface area contributed by atoms with Crippen LogP contribution >= 0.6 is 0 Å². The highest BCUT2D eigenvalue weighted by atomic mass is 15.3. The van der Waals surface area contributed by atoms with E-state index in [1.807, 2.05) is 10.9 Å². The largest absolute Gasteiger partial charge is 0.310 e. The van der Waals surface area contributed by atoms with E-state index in [2.05, 4.69) is 61.5 Å². The van der Waals surface area contributed by atoms with E-state index in [1.165, 1.54) is 16.8 Å². The zero-order chi connectivity index (χ0) is 13.0. The summed E-state index contributed by atoms with van der Waals surface area (Å²) in [6.07, 6.45) is 1.85. The van der Waals surface area contributed by atoms with Gasteiger partial charge in [-0.3, -0.25) is 4.68 Å². The van der Waals surface area contributed by atoms with Crippen molar-refractivity contribution in [3.8, 4) is 11.3 Å². The quantitative estimate of drug-likeness (QED) is 0.874. The molecule has 0 unspecified atom stereocenters. The average molecular weight is 243 g/mol. The molecule has 96 valence electrons. The maximum atomic E-state index is 4.30. The molecule has 0 atom stereocenters. The van der Waals surface area contributed by atoms with Crippen LogP contribution in [0.2, 0.25) is 0 Å². The lowest BCUT2D eigenvalue weighted by molar-refractivity contribution is 0.589. The Kier molecular flexibility index (Phi) is 4.15. The van der Waals surface area contributed by atoms with Crippen molar-refractivity contribution in [2.75, 3.05) is 0 Å². The number of aryl methyl sites for hydroxylation is 1. The predicted molar refractivity (Wildman–Crippen MR) is 75.3 cm³/mol. The van der Waals surface area contributed by atoms with E-state index in [4.69, 9.17) is 0 Å². The molecule has 0 aliphatic carbocycles. The maximum absolute atomic E-state index is 4.30. The minimum atomic E-state index is 0.520. The molecule has 2 aromatic rings. The molecule has 0 amide bonds. The van der Waals surface area contributed by atoms with Gasteiger partial charge in [-0.05, 0) is 24.1 Å². The van der Waals surface area contributed by atoms with Crippen molar-refractivity contribution >= 4 is 0 Å². The molecule has 0 spiro atoms. The van der Waals surface area contributed by atoms with Crippen molar-refractivity contribution in [2.45, 2.75) is 39.9 Å². The Hall–Kier alpha value is -1.61. The SMILES string of the molecule is CCn1nccc1-c1ccc(CNC(C)C)cc1. The summed E-state index contributed by atoms with van der Waals surface area (Å²) in [6, 6.07) is 11.3. The van der Waals surface area contributed by atoms with Crippen LogP contribution in [0, 0.1) is 0 Å². The second-order valence-electron chi connectivity index (χ2n) is 4.76. The summed E-state index contributed by atoms with van der Waals surface area (Å²) in [5.41, 5.74) is 3.72. The molecular weight excluding hydrogens is 222 g/mol. The van der Waals surface area contributed by atoms with E-state index >= 15 is 0 Å². The molecule has 18 heavy (non-hydrogen) atoms. The third-order valence-corrected chi connectivity index (χ3v) is 2.98.